The van der Waals surface area contributed by atoms with Gasteiger partial charge in [0.1, 0.15) is 0 Å². The topological polar surface area (TPSA) is 17.0 Å². The van der Waals surface area contributed by atoms with E-state index in [1.807, 2.05) is 0 Å². The van der Waals surface area contributed by atoms with Crippen LogP contribution in [0.2, 0.25) is 0 Å². The number of hydrogen-bond donors (Lipinski definition) is 1. The van der Waals surface area contributed by atoms with Gasteiger partial charge in [-0.05, 0) is 37.2 Å². The molecular formula is C14H18N2. The molecule has 0 fully saturated rings. The Bertz CT molecular complexity index is 457. The summed E-state index contributed by atoms with van der Waals surface area (Å²) in [4.78, 5) is 0. The number of rotatable bonds is 4. The van der Waals surface area contributed by atoms with Gasteiger partial charge in [-0.15, -0.1) is 0 Å². The quantitative estimate of drug-likeness (QED) is 0.828. The number of aryl methyl sites for hydroxylation is 1. The van der Waals surface area contributed by atoms with Gasteiger partial charge in [-0.3, -0.25) is 0 Å². The highest BCUT2D eigenvalue weighted by atomic mass is 15.0. The van der Waals surface area contributed by atoms with Crippen LogP contribution in [0.15, 0.2) is 42.6 Å². The highest BCUT2D eigenvalue weighted by Gasteiger charge is 2.04. The molecule has 0 aliphatic heterocycles. The fourth-order valence-corrected chi connectivity index (χ4v) is 1.88. The fraction of sp³-hybridized carbons (Fsp3) is 0.286. The minimum atomic E-state index is 0.915. The van der Waals surface area contributed by atoms with E-state index in [0.717, 1.165) is 13.1 Å². The van der Waals surface area contributed by atoms with Gasteiger partial charge in [0.25, 0.3) is 0 Å². The van der Waals surface area contributed by atoms with Crippen molar-refractivity contribution in [3.8, 4) is 5.69 Å². The summed E-state index contributed by atoms with van der Waals surface area (Å²) >= 11 is 0. The van der Waals surface area contributed by atoms with E-state index in [9.17, 15) is 0 Å². The first-order chi connectivity index (χ1) is 7.83. The van der Waals surface area contributed by atoms with Crippen LogP contribution in [0.25, 0.3) is 5.69 Å². The summed E-state index contributed by atoms with van der Waals surface area (Å²) in [5, 5.41) is 3.36. The van der Waals surface area contributed by atoms with Gasteiger partial charge in [-0.2, -0.15) is 0 Å². The van der Waals surface area contributed by atoms with Crippen LogP contribution < -0.4 is 5.32 Å². The van der Waals surface area contributed by atoms with Crippen molar-refractivity contribution in [1.29, 1.82) is 0 Å². The van der Waals surface area contributed by atoms with Gasteiger partial charge in [0.05, 0.1) is 0 Å². The Balaban J connectivity index is 2.33. The van der Waals surface area contributed by atoms with E-state index in [1.165, 1.54) is 16.9 Å². The molecule has 0 saturated heterocycles. The lowest BCUT2D eigenvalue weighted by Gasteiger charge is -2.12. The smallest absolute Gasteiger partial charge is 0.0481 e. The second-order valence-corrected chi connectivity index (χ2v) is 3.94. The van der Waals surface area contributed by atoms with Gasteiger partial charge in [0, 0.05) is 24.1 Å². The van der Waals surface area contributed by atoms with Crippen LogP contribution in [0.4, 0.5) is 0 Å². The van der Waals surface area contributed by atoms with Gasteiger partial charge in [-0.1, -0.05) is 25.1 Å². The van der Waals surface area contributed by atoms with Crippen molar-refractivity contribution in [3.05, 3.63) is 53.9 Å². The first-order valence-electron chi connectivity index (χ1n) is 5.76. The number of hydrogen-bond acceptors (Lipinski definition) is 1. The van der Waals surface area contributed by atoms with Gasteiger partial charge < -0.3 is 9.88 Å². The normalized spacial score (nSPS) is 10.6. The van der Waals surface area contributed by atoms with Crippen molar-refractivity contribution in [1.82, 2.24) is 9.88 Å². The van der Waals surface area contributed by atoms with Crippen LogP contribution in [0.1, 0.15) is 18.2 Å². The Kier molecular flexibility index (Phi) is 3.42. The summed E-state index contributed by atoms with van der Waals surface area (Å²) < 4.78 is 2.25. The third-order valence-corrected chi connectivity index (χ3v) is 2.76. The first-order valence-corrected chi connectivity index (χ1v) is 5.76. The van der Waals surface area contributed by atoms with Crippen molar-refractivity contribution < 1.29 is 0 Å². The average Bonchev–Trinajstić information content (AvgIpc) is 2.75. The van der Waals surface area contributed by atoms with Crippen LogP contribution in [0, 0.1) is 6.92 Å². The van der Waals surface area contributed by atoms with E-state index in [-0.39, 0.29) is 0 Å². The molecule has 2 aromatic rings. The molecule has 0 atom stereocenters. The number of aromatic nitrogens is 1. The van der Waals surface area contributed by atoms with E-state index in [4.69, 9.17) is 0 Å². The summed E-state index contributed by atoms with van der Waals surface area (Å²) in [6.45, 7) is 6.18. The lowest BCUT2D eigenvalue weighted by Crippen LogP contribution is -2.14. The van der Waals surface area contributed by atoms with Gasteiger partial charge in [0.15, 0.2) is 0 Å². The summed E-state index contributed by atoms with van der Waals surface area (Å²) in [6.07, 6.45) is 2.12. The molecule has 0 radical (unpaired) electrons. The maximum atomic E-state index is 3.36. The van der Waals surface area contributed by atoms with Crippen LogP contribution in [0.5, 0.6) is 0 Å². The van der Waals surface area contributed by atoms with Gasteiger partial charge >= 0.3 is 0 Å². The molecule has 1 heterocycles. The third kappa shape index (κ3) is 2.17. The molecule has 84 valence electrons. The third-order valence-electron chi connectivity index (χ3n) is 2.76. The van der Waals surface area contributed by atoms with E-state index >= 15 is 0 Å². The SMILES string of the molecule is CCNCc1cccn1-c1ccccc1C. The Hall–Kier alpha value is -1.54. The predicted octanol–water partition coefficient (Wildman–Crippen LogP) is 2.90. The van der Waals surface area contributed by atoms with Crippen molar-refractivity contribution in [2.45, 2.75) is 20.4 Å². The van der Waals surface area contributed by atoms with Crippen LogP contribution >= 0.6 is 0 Å². The molecule has 1 aromatic carbocycles. The van der Waals surface area contributed by atoms with Gasteiger partial charge in [0.2, 0.25) is 0 Å². The molecule has 2 nitrogen and oxygen atoms in total. The van der Waals surface area contributed by atoms with E-state index in [0.29, 0.717) is 0 Å². The Labute approximate surface area is 96.9 Å². The highest BCUT2D eigenvalue weighted by molar-refractivity contribution is 5.42. The number of para-hydroxylation sites is 1. The van der Waals surface area contributed by atoms with Crippen LogP contribution in [-0.4, -0.2) is 11.1 Å². The Morgan fingerprint density at radius 2 is 1.94 bits per heavy atom. The second kappa shape index (κ2) is 4.99. The van der Waals surface area contributed by atoms with Crippen molar-refractivity contribution in [2.24, 2.45) is 0 Å². The van der Waals surface area contributed by atoms with Crippen LogP contribution in [-0.2, 0) is 6.54 Å². The highest BCUT2D eigenvalue weighted by Crippen LogP contribution is 2.16. The molecule has 0 spiro atoms. The van der Waals surface area contributed by atoms with Crippen molar-refractivity contribution >= 4 is 0 Å². The molecule has 0 amide bonds. The molecular weight excluding hydrogens is 196 g/mol. The predicted molar refractivity (Wildman–Crippen MR) is 67.9 cm³/mol. The minimum absolute atomic E-state index is 0.915. The summed E-state index contributed by atoms with van der Waals surface area (Å²) in [5.74, 6) is 0. The number of nitrogens with one attached hydrogen (secondary N) is 1. The second-order valence-electron chi connectivity index (χ2n) is 3.94. The molecule has 0 aliphatic carbocycles. The summed E-state index contributed by atoms with van der Waals surface area (Å²) in [5.41, 5.74) is 3.87. The zero-order chi connectivity index (χ0) is 11.4. The molecule has 0 saturated carbocycles. The largest absolute Gasteiger partial charge is 0.319 e. The maximum absolute atomic E-state index is 3.36. The molecule has 2 heteroatoms. The fourth-order valence-electron chi connectivity index (χ4n) is 1.88. The average molecular weight is 214 g/mol. The summed E-state index contributed by atoms with van der Waals surface area (Å²) in [6, 6.07) is 12.7. The number of nitrogens with zero attached hydrogens (tertiary/aromatic N) is 1. The maximum Gasteiger partial charge on any atom is 0.0481 e. The lowest BCUT2D eigenvalue weighted by atomic mass is 10.2. The van der Waals surface area contributed by atoms with Gasteiger partial charge in [-0.25, -0.2) is 0 Å². The van der Waals surface area contributed by atoms with Crippen molar-refractivity contribution in [2.75, 3.05) is 6.54 Å². The molecule has 1 aromatic heterocycles. The molecule has 1 N–H and O–H groups in total. The van der Waals surface area contributed by atoms with E-state index < -0.39 is 0 Å². The van der Waals surface area contributed by atoms with E-state index in [2.05, 4.69) is 66.3 Å². The number of benzene rings is 1. The van der Waals surface area contributed by atoms with Crippen LogP contribution in [0.3, 0.4) is 0 Å². The zero-order valence-electron chi connectivity index (χ0n) is 9.90. The molecule has 16 heavy (non-hydrogen) atoms. The minimum Gasteiger partial charge on any atom is -0.319 e. The molecule has 0 bridgehead atoms. The Morgan fingerprint density at radius 1 is 1.12 bits per heavy atom. The zero-order valence-corrected chi connectivity index (χ0v) is 9.90. The molecule has 2 rings (SSSR count). The van der Waals surface area contributed by atoms with E-state index in [1.54, 1.807) is 0 Å². The first kappa shape index (κ1) is 11.0. The monoisotopic (exact) mass is 214 g/mol. The Morgan fingerprint density at radius 3 is 2.69 bits per heavy atom. The standard InChI is InChI=1S/C14H18N2/c1-3-15-11-13-8-6-10-16(13)14-9-5-4-7-12(14)2/h4-10,15H,3,11H2,1-2H3. The van der Waals surface area contributed by atoms with Crippen molar-refractivity contribution in [3.63, 3.8) is 0 Å². The molecule has 0 unspecified atom stereocenters. The summed E-state index contributed by atoms with van der Waals surface area (Å²) in [7, 11) is 0. The lowest BCUT2D eigenvalue weighted by molar-refractivity contribution is 0.697. The molecule has 0 aliphatic rings.